The van der Waals surface area contributed by atoms with Gasteiger partial charge in [0.2, 0.25) is 0 Å². The number of carbonyl (C=O) groups is 2. The summed E-state index contributed by atoms with van der Waals surface area (Å²) in [5.41, 5.74) is 5.04. The third-order valence-corrected chi connectivity index (χ3v) is 4.77. The van der Waals surface area contributed by atoms with Crippen LogP contribution >= 0.6 is 0 Å². The van der Waals surface area contributed by atoms with Crippen LogP contribution in [0.25, 0.3) is 0 Å². The molecule has 1 rings (SSSR count). The zero-order valence-electron chi connectivity index (χ0n) is 16.8. The van der Waals surface area contributed by atoms with Gasteiger partial charge < -0.3 is 30.2 Å². The van der Waals surface area contributed by atoms with Crippen molar-refractivity contribution < 1.29 is 34.0 Å². The van der Waals surface area contributed by atoms with Crippen LogP contribution in [-0.2, 0) is 23.8 Å². The van der Waals surface area contributed by atoms with Gasteiger partial charge in [-0.1, -0.05) is 6.92 Å². The average molecular weight is 402 g/mol. The van der Waals surface area contributed by atoms with Gasteiger partial charge in [0, 0.05) is 44.4 Å². The quantitative estimate of drug-likeness (QED) is 0.231. The fourth-order valence-corrected chi connectivity index (χ4v) is 2.78. The molecule has 0 spiro atoms. The van der Waals surface area contributed by atoms with Gasteiger partial charge in [0.25, 0.3) is 11.8 Å². The lowest BCUT2D eigenvalue weighted by Crippen LogP contribution is -2.38. The van der Waals surface area contributed by atoms with Crippen LogP contribution in [0.1, 0.15) is 26.2 Å². The largest absolute Gasteiger partial charge is 0.392 e. The maximum absolute atomic E-state index is 11.5. The summed E-state index contributed by atoms with van der Waals surface area (Å²) >= 11 is 0. The monoisotopic (exact) mass is 402 g/mol. The van der Waals surface area contributed by atoms with Gasteiger partial charge in [-0.05, 0) is 19.3 Å². The summed E-state index contributed by atoms with van der Waals surface area (Å²) < 4.78 is 16.7. The van der Waals surface area contributed by atoms with E-state index in [0.29, 0.717) is 39.3 Å². The third-order valence-electron chi connectivity index (χ3n) is 4.77. The lowest BCUT2D eigenvalue weighted by Gasteiger charge is -2.32. The predicted octanol–water partition coefficient (Wildman–Crippen LogP) is -0.552. The first kappa shape index (κ1) is 24.7. The van der Waals surface area contributed by atoms with Crippen molar-refractivity contribution in [3.05, 3.63) is 12.2 Å². The summed E-state index contributed by atoms with van der Waals surface area (Å²) in [6.07, 6.45) is 2.51. The molecule has 0 saturated heterocycles. The fourth-order valence-electron chi connectivity index (χ4n) is 2.78. The van der Waals surface area contributed by atoms with Gasteiger partial charge in [-0.3, -0.25) is 14.5 Å². The minimum absolute atomic E-state index is 0.0440. The van der Waals surface area contributed by atoms with Crippen LogP contribution in [0.2, 0.25) is 0 Å². The second-order valence-corrected chi connectivity index (χ2v) is 7.13. The molecule has 9 nitrogen and oxygen atoms in total. The molecule has 0 fully saturated rings. The van der Waals surface area contributed by atoms with Crippen molar-refractivity contribution in [2.24, 2.45) is 11.1 Å². The summed E-state index contributed by atoms with van der Waals surface area (Å²) in [5.74, 6) is -0.820. The molecule has 1 heterocycles. The first-order valence-corrected chi connectivity index (χ1v) is 9.61. The average Bonchev–Trinajstić information content (AvgIpc) is 3.00. The minimum atomic E-state index is -0.847. The molecule has 28 heavy (non-hydrogen) atoms. The van der Waals surface area contributed by atoms with Gasteiger partial charge in [-0.15, -0.1) is 0 Å². The molecule has 0 radical (unpaired) electrons. The summed E-state index contributed by atoms with van der Waals surface area (Å²) in [7, 11) is 1.62. The van der Waals surface area contributed by atoms with Crippen molar-refractivity contribution in [1.82, 2.24) is 4.90 Å². The van der Waals surface area contributed by atoms with Crippen LogP contribution in [0.4, 0.5) is 0 Å². The first-order chi connectivity index (χ1) is 13.4. The van der Waals surface area contributed by atoms with E-state index in [0.717, 1.165) is 11.3 Å². The number of hydrogen-bond acceptors (Lipinski definition) is 8. The Morgan fingerprint density at radius 2 is 1.57 bits per heavy atom. The summed E-state index contributed by atoms with van der Waals surface area (Å²) in [6.45, 7) is 4.11. The first-order valence-electron chi connectivity index (χ1n) is 9.61. The highest BCUT2D eigenvalue weighted by molar-refractivity contribution is 6.12. The molecule has 162 valence electrons. The van der Waals surface area contributed by atoms with E-state index in [9.17, 15) is 19.8 Å². The lowest BCUT2D eigenvalue weighted by atomic mass is 9.88. The Morgan fingerprint density at radius 3 is 2.04 bits per heavy atom. The number of imide groups is 1. The van der Waals surface area contributed by atoms with Crippen molar-refractivity contribution in [2.45, 2.75) is 38.4 Å². The van der Waals surface area contributed by atoms with Gasteiger partial charge in [0.15, 0.2) is 0 Å². The summed E-state index contributed by atoms with van der Waals surface area (Å²) in [5, 5.41) is 19.5. The van der Waals surface area contributed by atoms with Crippen molar-refractivity contribution in [2.75, 3.05) is 53.2 Å². The van der Waals surface area contributed by atoms with E-state index in [-0.39, 0.29) is 25.1 Å². The Labute approximate surface area is 166 Å². The number of nitrogens with two attached hydrogens (primary N) is 1. The number of methoxy groups -OCH3 is 1. The zero-order valence-corrected chi connectivity index (χ0v) is 16.8. The highest BCUT2D eigenvalue weighted by Crippen LogP contribution is 2.24. The van der Waals surface area contributed by atoms with E-state index in [2.05, 4.69) is 0 Å². The normalized spacial score (nSPS) is 18.5. The number of β-amino-alcohol motifs (C(OH)–C–C–N with tert-alkyl or cyclic N) is 1. The van der Waals surface area contributed by atoms with Crippen molar-refractivity contribution in [3.8, 4) is 0 Å². The van der Waals surface area contributed by atoms with Crippen LogP contribution in [0, 0.1) is 5.41 Å². The summed E-state index contributed by atoms with van der Waals surface area (Å²) in [6, 6.07) is 0. The molecule has 2 amide bonds. The van der Waals surface area contributed by atoms with Crippen LogP contribution in [-0.4, -0.2) is 92.4 Å². The number of carbonyl (C=O) groups excluding carboxylic acids is 2. The number of ether oxygens (including phenoxy) is 3. The SMILES string of the molecule is CCC(COC)(COCCC(O)CN)COCCC(O)CN1C(=O)C=CC1=O. The Morgan fingerprint density at radius 1 is 1.04 bits per heavy atom. The van der Waals surface area contributed by atoms with E-state index in [1.807, 2.05) is 6.92 Å². The topological polar surface area (TPSA) is 132 Å². The molecule has 1 aliphatic rings. The molecule has 3 unspecified atom stereocenters. The summed E-state index contributed by atoms with van der Waals surface area (Å²) in [4.78, 5) is 24.0. The number of amides is 2. The molecule has 4 N–H and O–H groups in total. The predicted molar refractivity (Wildman–Crippen MR) is 102 cm³/mol. The highest BCUT2D eigenvalue weighted by atomic mass is 16.5. The number of aliphatic hydroxyl groups is 2. The van der Waals surface area contributed by atoms with Crippen LogP contribution in [0.5, 0.6) is 0 Å². The van der Waals surface area contributed by atoms with E-state index in [4.69, 9.17) is 19.9 Å². The maximum Gasteiger partial charge on any atom is 0.253 e. The molecule has 3 atom stereocenters. The minimum Gasteiger partial charge on any atom is -0.392 e. The van der Waals surface area contributed by atoms with E-state index in [1.165, 1.54) is 12.2 Å². The Hall–Kier alpha value is -1.36. The number of hydrogen-bond donors (Lipinski definition) is 3. The Kier molecular flexibility index (Phi) is 11.4. The van der Waals surface area contributed by atoms with Crippen molar-refractivity contribution in [1.29, 1.82) is 0 Å². The zero-order chi connectivity index (χ0) is 21.0. The van der Waals surface area contributed by atoms with Gasteiger partial charge >= 0.3 is 0 Å². The molecule has 0 aliphatic carbocycles. The molecular formula is C19H34N2O7. The van der Waals surface area contributed by atoms with Crippen LogP contribution in [0.15, 0.2) is 12.2 Å². The van der Waals surface area contributed by atoms with Gasteiger partial charge in [-0.2, -0.15) is 0 Å². The molecule has 1 aliphatic heterocycles. The van der Waals surface area contributed by atoms with Crippen molar-refractivity contribution >= 4 is 11.8 Å². The maximum atomic E-state index is 11.5. The van der Waals surface area contributed by atoms with E-state index < -0.39 is 24.0 Å². The molecular weight excluding hydrogens is 368 g/mol. The van der Waals surface area contributed by atoms with Crippen molar-refractivity contribution in [3.63, 3.8) is 0 Å². The molecule has 9 heteroatoms. The van der Waals surface area contributed by atoms with Crippen LogP contribution in [0.3, 0.4) is 0 Å². The lowest BCUT2D eigenvalue weighted by molar-refractivity contribution is -0.138. The third kappa shape index (κ3) is 8.34. The van der Waals surface area contributed by atoms with Gasteiger partial charge in [0.05, 0.1) is 38.6 Å². The van der Waals surface area contributed by atoms with Gasteiger partial charge in [-0.25, -0.2) is 0 Å². The second-order valence-electron chi connectivity index (χ2n) is 7.13. The molecule has 0 saturated carbocycles. The molecule has 0 aromatic rings. The van der Waals surface area contributed by atoms with E-state index in [1.54, 1.807) is 7.11 Å². The Bertz CT molecular complexity index is 497. The standard InChI is InChI=1S/C19H34N2O7/c1-3-19(12-26-2,13-27-8-6-15(22)10-20)14-28-9-7-16(23)11-21-17(24)4-5-18(21)25/h4-5,15-16,22-23H,3,6-14,20H2,1-2H3. The molecule has 0 aromatic carbocycles. The molecule has 0 bridgehead atoms. The van der Waals surface area contributed by atoms with E-state index >= 15 is 0 Å². The highest BCUT2D eigenvalue weighted by Gasteiger charge is 2.30. The second kappa shape index (κ2) is 13.0. The molecule has 0 aromatic heterocycles. The fraction of sp³-hybridized carbons (Fsp3) is 0.789. The number of nitrogens with zero attached hydrogens (tertiary/aromatic N) is 1. The number of aliphatic hydroxyl groups excluding tert-OH is 2. The van der Waals surface area contributed by atoms with Gasteiger partial charge in [0.1, 0.15) is 0 Å². The number of rotatable bonds is 16. The Balaban J connectivity index is 2.35. The van der Waals surface area contributed by atoms with Crippen LogP contribution < -0.4 is 5.73 Å². The smallest absolute Gasteiger partial charge is 0.253 e.